The Hall–Kier alpha value is 0.500. The van der Waals surface area contributed by atoms with Crippen molar-refractivity contribution in [3.8, 4) is 0 Å². The van der Waals surface area contributed by atoms with Crippen LogP contribution in [0.1, 0.15) is 12.8 Å². The molecule has 13 heavy (non-hydrogen) atoms. The largest absolute Gasteiger partial charge is 0.385 e. The highest BCUT2D eigenvalue weighted by Crippen LogP contribution is 2.07. The van der Waals surface area contributed by atoms with Gasteiger partial charge in [0.1, 0.15) is 0 Å². The third-order valence-electron chi connectivity index (χ3n) is 1.74. The van der Waals surface area contributed by atoms with Crippen LogP contribution < -0.4 is 0 Å². The molecule has 0 unspecified atom stereocenters. The fourth-order valence-corrected chi connectivity index (χ4v) is 1.49. The second-order valence-electron chi connectivity index (χ2n) is 2.92. The van der Waals surface area contributed by atoms with Gasteiger partial charge in [-0.15, -0.1) is 23.2 Å². The minimum atomic E-state index is 0.380. The van der Waals surface area contributed by atoms with E-state index in [2.05, 4.69) is 0 Å². The van der Waals surface area contributed by atoms with E-state index < -0.39 is 0 Å². The van der Waals surface area contributed by atoms with Gasteiger partial charge in [0.05, 0.1) is 0 Å². The molecule has 0 aromatic rings. The van der Waals surface area contributed by atoms with Crippen LogP contribution in [0.4, 0.5) is 0 Å². The van der Waals surface area contributed by atoms with Crippen LogP contribution in [-0.2, 0) is 9.47 Å². The van der Waals surface area contributed by atoms with Crippen molar-refractivity contribution >= 4 is 23.2 Å². The SMILES string of the molecule is COCCCOCCC(CCl)CCl. The second-order valence-corrected chi connectivity index (χ2v) is 3.54. The number of hydrogen-bond donors (Lipinski definition) is 0. The highest BCUT2D eigenvalue weighted by atomic mass is 35.5. The fourth-order valence-electron chi connectivity index (χ4n) is 0.853. The highest BCUT2D eigenvalue weighted by Gasteiger charge is 2.04. The Labute approximate surface area is 90.5 Å². The first-order chi connectivity index (χ1) is 6.35. The maximum absolute atomic E-state index is 5.67. The summed E-state index contributed by atoms with van der Waals surface area (Å²) in [6.07, 6.45) is 1.89. The molecule has 0 spiro atoms. The van der Waals surface area contributed by atoms with E-state index >= 15 is 0 Å². The Kier molecular flexibility index (Phi) is 11.0. The zero-order valence-electron chi connectivity index (χ0n) is 8.10. The van der Waals surface area contributed by atoms with E-state index in [4.69, 9.17) is 32.7 Å². The van der Waals surface area contributed by atoms with E-state index in [1.807, 2.05) is 0 Å². The molecule has 0 fully saturated rings. The molecule has 0 heterocycles. The zero-order valence-corrected chi connectivity index (χ0v) is 9.61. The summed E-state index contributed by atoms with van der Waals surface area (Å²) >= 11 is 11.3. The van der Waals surface area contributed by atoms with E-state index in [1.165, 1.54) is 0 Å². The molecular formula is C9H18Cl2O2. The summed E-state index contributed by atoms with van der Waals surface area (Å²) in [4.78, 5) is 0. The van der Waals surface area contributed by atoms with E-state index in [9.17, 15) is 0 Å². The van der Waals surface area contributed by atoms with Crippen molar-refractivity contribution in [2.75, 3.05) is 38.7 Å². The van der Waals surface area contributed by atoms with Crippen molar-refractivity contribution in [1.82, 2.24) is 0 Å². The Morgan fingerprint density at radius 3 is 2.31 bits per heavy atom. The van der Waals surface area contributed by atoms with Crippen LogP contribution in [0.5, 0.6) is 0 Å². The lowest BCUT2D eigenvalue weighted by atomic mass is 10.1. The summed E-state index contributed by atoms with van der Waals surface area (Å²) < 4.78 is 10.3. The van der Waals surface area contributed by atoms with Crippen LogP contribution in [-0.4, -0.2) is 38.7 Å². The lowest BCUT2D eigenvalue weighted by Gasteiger charge is -2.09. The van der Waals surface area contributed by atoms with Crippen molar-refractivity contribution in [3.63, 3.8) is 0 Å². The first-order valence-electron chi connectivity index (χ1n) is 4.53. The van der Waals surface area contributed by atoms with Crippen LogP contribution in [0.15, 0.2) is 0 Å². The molecule has 0 rings (SSSR count). The molecule has 0 aromatic heterocycles. The summed E-state index contributed by atoms with van der Waals surface area (Å²) in [7, 11) is 1.69. The van der Waals surface area contributed by atoms with Crippen LogP contribution >= 0.6 is 23.2 Å². The molecule has 0 N–H and O–H groups in total. The third-order valence-corrected chi connectivity index (χ3v) is 2.62. The van der Waals surface area contributed by atoms with Crippen LogP contribution in [0.25, 0.3) is 0 Å². The van der Waals surface area contributed by atoms with Gasteiger partial charge in [-0.2, -0.15) is 0 Å². The molecule has 0 atom stereocenters. The van der Waals surface area contributed by atoms with Gasteiger partial charge in [0, 0.05) is 38.7 Å². The van der Waals surface area contributed by atoms with Crippen molar-refractivity contribution in [2.24, 2.45) is 5.92 Å². The molecule has 0 aliphatic carbocycles. The lowest BCUT2D eigenvalue weighted by molar-refractivity contribution is 0.0964. The number of ether oxygens (including phenoxy) is 2. The maximum Gasteiger partial charge on any atom is 0.0487 e. The molecule has 0 aliphatic heterocycles. The first kappa shape index (κ1) is 13.5. The fraction of sp³-hybridized carbons (Fsp3) is 1.00. The first-order valence-corrected chi connectivity index (χ1v) is 5.60. The van der Waals surface area contributed by atoms with Crippen LogP contribution in [0, 0.1) is 5.92 Å². The Bertz CT molecular complexity index is 97.6. The van der Waals surface area contributed by atoms with Gasteiger partial charge < -0.3 is 9.47 Å². The summed E-state index contributed by atoms with van der Waals surface area (Å²) in [6.45, 7) is 2.26. The normalized spacial score (nSPS) is 11.1. The van der Waals surface area contributed by atoms with Crippen molar-refractivity contribution in [1.29, 1.82) is 0 Å². The maximum atomic E-state index is 5.67. The molecule has 0 amide bonds. The van der Waals surface area contributed by atoms with Gasteiger partial charge in [0.15, 0.2) is 0 Å². The Morgan fingerprint density at radius 1 is 1.08 bits per heavy atom. The quantitative estimate of drug-likeness (QED) is 0.446. The van der Waals surface area contributed by atoms with Crippen LogP contribution in [0.3, 0.4) is 0 Å². The average molecular weight is 229 g/mol. The van der Waals surface area contributed by atoms with Crippen molar-refractivity contribution in [3.05, 3.63) is 0 Å². The second kappa shape index (κ2) is 10.6. The van der Waals surface area contributed by atoms with E-state index in [-0.39, 0.29) is 0 Å². The summed E-state index contributed by atoms with van der Waals surface area (Å²) in [6, 6.07) is 0. The molecule has 4 heteroatoms. The van der Waals surface area contributed by atoms with Gasteiger partial charge in [-0.05, 0) is 18.8 Å². The summed E-state index contributed by atoms with van der Waals surface area (Å²) in [5.41, 5.74) is 0. The Balaban J connectivity index is 3.05. The molecule has 0 saturated carbocycles. The van der Waals surface area contributed by atoms with Gasteiger partial charge in [0.2, 0.25) is 0 Å². The summed E-state index contributed by atoms with van der Waals surface area (Å²) in [5, 5.41) is 0. The van der Waals surface area contributed by atoms with Gasteiger partial charge in [-0.1, -0.05) is 0 Å². The Morgan fingerprint density at radius 2 is 1.77 bits per heavy atom. The lowest BCUT2D eigenvalue weighted by Crippen LogP contribution is -2.09. The molecule has 80 valence electrons. The number of hydrogen-bond acceptors (Lipinski definition) is 2. The predicted molar refractivity (Wildman–Crippen MR) is 56.9 cm³/mol. The predicted octanol–water partition coefficient (Wildman–Crippen LogP) is 2.52. The van der Waals surface area contributed by atoms with Gasteiger partial charge in [-0.3, -0.25) is 0 Å². The van der Waals surface area contributed by atoms with Gasteiger partial charge >= 0.3 is 0 Å². The van der Waals surface area contributed by atoms with Crippen molar-refractivity contribution in [2.45, 2.75) is 12.8 Å². The monoisotopic (exact) mass is 228 g/mol. The smallest absolute Gasteiger partial charge is 0.0487 e. The molecular weight excluding hydrogens is 211 g/mol. The van der Waals surface area contributed by atoms with Gasteiger partial charge in [0.25, 0.3) is 0 Å². The van der Waals surface area contributed by atoms with Crippen LogP contribution in [0.2, 0.25) is 0 Å². The number of methoxy groups -OCH3 is 1. The molecule has 0 radical (unpaired) electrons. The minimum absolute atomic E-state index is 0.380. The number of alkyl halides is 2. The zero-order chi connectivity index (χ0) is 9.94. The minimum Gasteiger partial charge on any atom is -0.385 e. The topological polar surface area (TPSA) is 18.5 Å². The highest BCUT2D eigenvalue weighted by molar-refractivity contribution is 6.20. The summed E-state index contributed by atoms with van der Waals surface area (Å²) in [5.74, 6) is 1.61. The van der Waals surface area contributed by atoms with E-state index in [1.54, 1.807) is 7.11 Å². The molecule has 2 nitrogen and oxygen atoms in total. The molecule has 0 bridgehead atoms. The number of halogens is 2. The van der Waals surface area contributed by atoms with E-state index in [0.717, 1.165) is 32.7 Å². The molecule has 0 aliphatic rings. The standard InChI is InChI=1S/C9H18Cl2O2/c1-12-4-2-5-13-6-3-9(7-10)8-11/h9H,2-8H2,1H3. The third kappa shape index (κ3) is 8.82. The number of rotatable bonds is 9. The van der Waals surface area contributed by atoms with Crippen molar-refractivity contribution < 1.29 is 9.47 Å². The molecule has 0 aromatic carbocycles. The van der Waals surface area contributed by atoms with Gasteiger partial charge in [-0.25, -0.2) is 0 Å². The van der Waals surface area contributed by atoms with E-state index in [0.29, 0.717) is 17.7 Å². The average Bonchev–Trinajstić information content (AvgIpc) is 2.17. The molecule has 0 saturated heterocycles.